The van der Waals surface area contributed by atoms with Crippen molar-refractivity contribution in [3.05, 3.63) is 64.0 Å². The molecule has 0 aliphatic rings. The second kappa shape index (κ2) is 12.5. The number of nitro groups is 1. The van der Waals surface area contributed by atoms with E-state index in [9.17, 15) is 24.1 Å². The second-order valence-electron chi connectivity index (χ2n) is 7.77. The number of hydrogen-bond acceptors (Lipinski definition) is 6. The van der Waals surface area contributed by atoms with Gasteiger partial charge in [0.2, 0.25) is 11.7 Å². The van der Waals surface area contributed by atoms with Gasteiger partial charge in [-0.05, 0) is 43.5 Å². The van der Waals surface area contributed by atoms with Crippen molar-refractivity contribution in [1.29, 1.82) is 0 Å². The molecule has 2 amide bonds. The normalized spacial score (nSPS) is 12.4. The maximum atomic E-state index is 13.3. The lowest BCUT2D eigenvalue weighted by Gasteiger charge is -2.31. The van der Waals surface area contributed by atoms with Gasteiger partial charge in [-0.2, -0.15) is 0 Å². The second-order valence-corrected chi connectivity index (χ2v) is 7.77. The lowest BCUT2D eigenvalue weighted by molar-refractivity contribution is -0.385. The Balaban J connectivity index is 2.24. The van der Waals surface area contributed by atoms with Crippen molar-refractivity contribution in [2.45, 2.75) is 52.2 Å². The van der Waals surface area contributed by atoms with Crippen molar-refractivity contribution < 1.29 is 28.4 Å². The molecular formula is C24H30FN3O6. The molecular weight excluding hydrogens is 445 g/mol. The number of benzene rings is 2. The Hall–Kier alpha value is -3.69. The van der Waals surface area contributed by atoms with Gasteiger partial charge >= 0.3 is 5.69 Å². The fourth-order valence-electron chi connectivity index (χ4n) is 3.27. The Kier molecular flexibility index (Phi) is 9.78. The predicted molar refractivity (Wildman–Crippen MR) is 124 cm³/mol. The number of nitrogens with zero attached hydrogens (tertiary/aromatic N) is 2. The highest BCUT2D eigenvalue weighted by atomic mass is 19.1. The summed E-state index contributed by atoms with van der Waals surface area (Å²) < 4.78 is 23.9. The molecule has 10 heteroatoms. The fourth-order valence-corrected chi connectivity index (χ4v) is 3.27. The summed E-state index contributed by atoms with van der Waals surface area (Å²) in [6, 6.07) is 8.77. The SMILES string of the molecule is CC[C@@H](C)NC(=O)[C@H](CC)N(Cc1ccc(F)cc1)C(=O)COc1ccc([N+](=O)[O-])c(OC)c1. The number of methoxy groups -OCH3 is 1. The van der Waals surface area contributed by atoms with Crippen LogP contribution in [0, 0.1) is 15.9 Å². The molecule has 2 rings (SSSR count). The van der Waals surface area contributed by atoms with Gasteiger partial charge in [0.1, 0.15) is 17.6 Å². The molecule has 0 heterocycles. The van der Waals surface area contributed by atoms with Gasteiger partial charge < -0.3 is 19.7 Å². The minimum Gasteiger partial charge on any atom is -0.490 e. The number of amides is 2. The molecule has 0 aliphatic heterocycles. The van der Waals surface area contributed by atoms with E-state index in [0.717, 1.165) is 6.42 Å². The Labute approximate surface area is 198 Å². The first kappa shape index (κ1) is 26.6. The molecule has 0 aliphatic carbocycles. The van der Waals surface area contributed by atoms with Crippen LogP contribution in [-0.4, -0.2) is 47.4 Å². The van der Waals surface area contributed by atoms with Gasteiger partial charge in [0.15, 0.2) is 6.61 Å². The third-order valence-electron chi connectivity index (χ3n) is 5.36. The van der Waals surface area contributed by atoms with Crippen LogP contribution < -0.4 is 14.8 Å². The zero-order valence-electron chi connectivity index (χ0n) is 19.7. The van der Waals surface area contributed by atoms with E-state index in [0.29, 0.717) is 12.0 Å². The van der Waals surface area contributed by atoms with Gasteiger partial charge in [-0.25, -0.2) is 4.39 Å². The monoisotopic (exact) mass is 475 g/mol. The number of rotatable bonds is 12. The number of hydrogen-bond donors (Lipinski definition) is 1. The van der Waals surface area contributed by atoms with E-state index >= 15 is 0 Å². The topological polar surface area (TPSA) is 111 Å². The van der Waals surface area contributed by atoms with Crippen molar-refractivity contribution in [3.63, 3.8) is 0 Å². The van der Waals surface area contributed by atoms with E-state index in [-0.39, 0.29) is 35.7 Å². The molecule has 184 valence electrons. The highest BCUT2D eigenvalue weighted by molar-refractivity contribution is 5.88. The molecule has 0 fully saturated rings. The number of nitro benzene ring substituents is 1. The molecule has 2 atom stereocenters. The third-order valence-corrected chi connectivity index (χ3v) is 5.36. The molecule has 0 saturated carbocycles. The average molecular weight is 476 g/mol. The van der Waals surface area contributed by atoms with Gasteiger partial charge in [-0.3, -0.25) is 19.7 Å². The van der Waals surface area contributed by atoms with Crippen LogP contribution in [0.1, 0.15) is 39.2 Å². The van der Waals surface area contributed by atoms with Crippen LogP contribution in [0.5, 0.6) is 11.5 Å². The maximum Gasteiger partial charge on any atom is 0.311 e. The van der Waals surface area contributed by atoms with Crippen molar-refractivity contribution in [2.24, 2.45) is 0 Å². The van der Waals surface area contributed by atoms with E-state index in [2.05, 4.69) is 5.32 Å². The molecule has 0 unspecified atom stereocenters. The molecule has 0 spiro atoms. The molecule has 2 aromatic rings. The van der Waals surface area contributed by atoms with Crippen LogP contribution in [-0.2, 0) is 16.1 Å². The molecule has 0 saturated heterocycles. The molecule has 0 radical (unpaired) electrons. The minimum atomic E-state index is -0.762. The van der Waals surface area contributed by atoms with Crippen LogP contribution in [0.3, 0.4) is 0 Å². The van der Waals surface area contributed by atoms with Crippen LogP contribution in [0.15, 0.2) is 42.5 Å². The summed E-state index contributed by atoms with van der Waals surface area (Å²) in [5.41, 5.74) is 0.424. The van der Waals surface area contributed by atoms with E-state index in [1.54, 1.807) is 19.1 Å². The minimum absolute atomic E-state index is 0.00233. The van der Waals surface area contributed by atoms with Crippen LogP contribution >= 0.6 is 0 Å². The maximum absolute atomic E-state index is 13.3. The van der Waals surface area contributed by atoms with Gasteiger partial charge in [-0.1, -0.05) is 26.0 Å². The number of halogens is 1. The predicted octanol–water partition coefficient (Wildman–Crippen LogP) is 3.84. The van der Waals surface area contributed by atoms with Gasteiger partial charge in [0.25, 0.3) is 5.91 Å². The highest BCUT2D eigenvalue weighted by Gasteiger charge is 2.29. The van der Waals surface area contributed by atoms with E-state index < -0.39 is 29.3 Å². The summed E-state index contributed by atoms with van der Waals surface area (Å²) in [6.07, 6.45) is 1.10. The summed E-state index contributed by atoms with van der Waals surface area (Å²) in [4.78, 5) is 38.0. The van der Waals surface area contributed by atoms with Crippen molar-refractivity contribution in [1.82, 2.24) is 10.2 Å². The molecule has 9 nitrogen and oxygen atoms in total. The van der Waals surface area contributed by atoms with Crippen molar-refractivity contribution >= 4 is 17.5 Å². The van der Waals surface area contributed by atoms with Crippen molar-refractivity contribution in [3.8, 4) is 11.5 Å². The first-order valence-corrected chi connectivity index (χ1v) is 11.0. The van der Waals surface area contributed by atoms with Gasteiger partial charge in [0.05, 0.1) is 12.0 Å². The quantitative estimate of drug-likeness (QED) is 0.369. The zero-order chi connectivity index (χ0) is 25.3. The Morgan fingerprint density at radius 2 is 1.82 bits per heavy atom. The van der Waals surface area contributed by atoms with Crippen molar-refractivity contribution in [2.75, 3.05) is 13.7 Å². The van der Waals surface area contributed by atoms with Gasteiger partial charge in [0, 0.05) is 24.7 Å². The largest absolute Gasteiger partial charge is 0.490 e. The van der Waals surface area contributed by atoms with Crippen LogP contribution in [0.2, 0.25) is 0 Å². The standard InChI is InChI=1S/C24H30FN3O6/c1-5-16(3)26-24(30)20(6-2)27(14-17-7-9-18(25)10-8-17)23(29)15-34-19-11-12-21(28(31)32)22(13-19)33-4/h7-13,16,20H,5-6,14-15H2,1-4H3,(H,26,30)/t16-,20+/m1/s1. The number of ether oxygens (including phenoxy) is 2. The summed E-state index contributed by atoms with van der Waals surface area (Å²) in [7, 11) is 1.30. The molecule has 0 aromatic heterocycles. The number of carbonyl (C=O) groups is 2. The van der Waals surface area contributed by atoms with Crippen LogP contribution in [0.4, 0.5) is 10.1 Å². The van der Waals surface area contributed by atoms with Crippen LogP contribution in [0.25, 0.3) is 0 Å². The lowest BCUT2D eigenvalue weighted by atomic mass is 10.1. The summed E-state index contributed by atoms with van der Waals surface area (Å²) in [6.45, 7) is 5.29. The lowest BCUT2D eigenvalue weighted by Crippen LogP contribution is -2.51. The summed E-state index contributed by atoms with van der Waals surface area (Å²) >= 11 is 0. The van der Waals surface area contributed by atoms with E-state index in [4.69, 9.17) is 9.47 Å². The van der Waals surface area contributed by atoms with E-state index in [1.165, 1.54) is 42.3 Å². The Morgan fingerprint density at radius 1 is 1.15 bits per heavy atom. The van der Waals surface area contributed by atoms with Gasteiger partial charge in [-0.15, -0.1) is 0 Å². The molecule has 1 N–H and O–H groups in total. The Morgan fingerprint density at radius 3 is 2.38 bits per heavy atom. The third kappa shape index (κ3) is 7.16. The number of nitrogens with one attached hydrogen (secondary N) is 1. The van der Waals surface area contributed by atoms with E-state index in [1.807, 2.05) is 13.8 Å². The summed E-state index contributed by atoms with van der Waals surface area (Å²) in [5.74, 6) is -0.956. The molecule has 0 bridgehead atoms. The Bertz CT molecular complexity index is 999. The highest BCUT2D eigenvalue weighted by Crippen LogP contribution is 2.30. The average Bonchev–Trinajstić information content (AvgIpc) is 2.83. The first-order chi connectivity index (χ1) is 16.2. The smallest absolute Gasteiger partial charge is 0.311 e. The zero-order valence-corrected chi connectivity index (χ0v) is 19.7. The molecule has 34 heavy (non-hydrogen) atoms. The summed E-state index contributed by atoms with van der Waals surface area (Å²) in [5, 5.41) is 14.0. The molecule has 2 aromatic carbocycles. The first-order valence-electron chi connectivity index (χ1n) is 11.0. The number of carbonyl (C=O) groups excluding carboxylic acids is 2. The fraction of sp³-hybridized carbons (Fsp3) is 0.417.